The molecule has 2 fully saturated rings. The number of nitrogens with one attached hydrogen (secondary N) is 1. The maximum Gasteiger partial charge on any atom is 0.272 e. The lowest BCUT2D eigenvalue weighted by atomic mass is 9.94. The molecule has 3 aromatic rings. The Morgan fingerprint density at radius 2 is 1.77 bits per heavy atom. The summed E-state index contributed by atoms with van der Waals surface area (Å²) in [6, 6.07) is 11.7. The number of piperazine rings is 1. The largest absolute Gasteiger partial charge is 0.464 e. The minimum atomic E-state index is -0.0410. The Bertz CT molecular complexity index is 1050. The zero-order valence-electron chi connectivity index (χ0n) is 17.5. The van der Waals surface area contributed by atoms with Crippen molar-refractivity contribution in [2.24, 2.45) is 0 Å². The van der Waals surface area contributed by atoms with Crippen LogP contribution < -0.4 is 5.32 Å². The molecule has 1 saturated carbocycles. The molecule has 7 heteroatoms. The molecular formula is C24H27ClN4O2. The summed E-state index contributed by atoms with van der Waals surface area (Å²) in [7, 11) is 0. The van der Waals surface area contributed by atoms with Crippen LogP contribution in [0.15, 0.2) is 47.1 Å². The number of rotatable bonds is 4. The first-order valence-electron chi connectivity index (χ1n) is 11.1. The summed E-state index contributed by atoms with van der Waals surface area (Å²) in [4.78, 5) is 22.4. The van der Waals surface area contributed by atoms with Gasteiger partial charge in [-0.1, -0.05) is 30.9 Å². The van der Waals surface area contributed by atoms with Crippen LogP contribution >= 0.6 is 11.6 Å². The van der Waals surface area contributed by atoms with Gasteiger partial charge in [-0.3, -0.25) is 9.69 Å². The SMILES string of the molecule is O=C(c1cc2occc2c(Nc2ccc(Cl)cc2)n1)N1CCN(C2CCCCC2)CC1. The van der Waals surface area contributed by atoms with Gasteiger partial charge < -0.3 is 14.6 Å². The van der Waals surface area contributed by atoms with Crippen LogP contribution in [0.2, 0.25) is 5.02 Å². The Morgan fingerprint density at radius 1 is 1.03 bits per heavy atom. The van der Waals surface area contributed by atoms with E-state index in [9.17, 15) is 4.79 Å². The number of nitrogens with zero attached hydrogens (tertiary/aromatic N) is 3. The molecule has 3 heterocycles. The molecule has 162 valence electrons. The molecule has 0 atom stereocenters. The summed E-state index contributed by atoms with van der Waals surface area (Å²) in [5.41, 5.74) is 1.91. The Kier molecular flexibility index (Phi) is 5.83. The maximum absolute atomic E-state index is 13.3. The fourth-order valence-electron chi connectivity index (χ4n) is 4.74. The molecule has 1 aromatic carbocycles. The zero-order chi connectivity index (χ0) is 21.2. The quantitative estimate of drug-likeness (QED) is 0.597. The summed E-state index contributed by atoms with van der Waals surface area (Å²) < 4.78 is 5.61. The monoisotopic (exact) mass is 438 g/mol. The predicted molar refractivity (Wildman–Crippen MR) is 123 cm³/mol. The van der Waals surface area contributed by atoms with Crippen molar-refractivity contribution >= 4 is 40.0 Å². The van der Waals surface area contributed by atoms with Crippen molar-refractivity contribution in [1.82, 2.24) is 14.8 Å². The van der Waals surface area contributed by atoms with E-state index in [4.69, 9.17) is 16.0 Å². The molecule has 1 aliphatic carbocycles. The first-order valence-corrected chi connectivity index (χ1v) is 11.5. The average Bonchev–Trinajstić information content (AvgIpc) is 3.30. The molecule has 5 rings (SSSR count). The molecule has 0 radical (unpaired) electrons. The van der Waals surface area contributed by atoms with Gasteiger partial charge in [0.2, 0.25) is 0 Å². The zero-order valence-corrected chi connectivity index (χ0v) is 18.3. The minimum Gasteiger partial charge on any atom is -0.464 e. The highest BCUT2D eigenvalue weighted by molar-refractivity contribution is 6.30. The van der Waals surface area contributed by atoms with Crippen LogP contribution in [-0.4, -0.2) is 52.9 Å². The van der Waals surface area contributed by atoms with Gasteiger partial charge in [0, 0.05) is 49.0 Å². The summed E-state index contributed by atoms with van der Waals surface area (Å²) in [6.45, 7) is 3.37. The van der Waals surface area contributed by atoms with E-state index in [-0.39, 0.29) is 5.91 Å². The van der Waals surface area contributed by atoms with Gasteiger partial charge in [-0.15, -0.1) is 0 Å². The van der Waals surface area contributed by atoms with Crippen molar-refractivity contribution in [3.63, 3.8) is 0 Å². The van der Waals surface area contributed by atoms with Crippen LogP contribution in [0.4, 0.5) is 11.5 Å². The Labute approximate surface area is 187 Å². The summed E-state index contributed by atoms with van der Waals surface area (Å²) in [5, 5.41) is 4.81. The van der Waals surface area contributed by atoms with Crippen molar-refractivity contribution in [3.05, 3.63) is 53.4 Å². The summed E-state index contributed by atoms with van der Waals surface area (Å²) in [6.07, 6.45) is 8.24. The molecule has 2 aromatic heterocycles. The van der Waals surface area contributed by atoms with E-state index in [2.05, 4.69) is 15.2 Å². The van der Waals surface area contributed by atoms with Gasteiger partial charge in [-0.25, -0.2) is 4.98 Å². The molecule has 0 spiro atoms. The normalized spacial score (nSPS) is 18.4. The first-order chi connectivity index (χ1) is 15.2. The Balaban J connectivity index is 1.32. The van der Waals surface area contributed by atoms with Gasteiger partial charge in [-0.2, -0.15) is 0 Å². The maximum atomic E-state index is 13.3. The van der Waals surface area contributed by atoms with Crippen molar-refractivity contribution < 1.29 is 9.21 Å². The van der Waals surface area contributed by atoms with E-state index in [0.29, 0.717) is 28.2 Å². The molecule has 1 amide bonds. The standard InChI is InChI=1S/C24H27ClN4O2/c25-17-6-8-18(9-7-17)26-23-20-10-15-31-22(20)16-21(27-23)24(30)29-13-11-28(12-14-29)19-4-2-1-3-5-19/h6-10,15-16,19H,1-5,11-14H2,(H,26,27). The van der Waals surface area contributed by atoms with Crippen LogP contribution in [0, 0.1) is 0 Å². The van der Waals surface area contributed by atoms with E-state index in [1.54, 1.807) is 12.3 Å². The molecule has 6 nitrogen and oxygen atoms in total. The van der Waals surface area contributed by atoms with Gasteiger partial charge in [0.15, 0.2) is 0 Å². The lowest BCUT2D eigenvalue weighted by molar-refractivity contribution is 0.0518. The van der Waals surface area contributed by atoms with E-state index in [1.165, 1.54) is 32.1 Å². The number of furan rings is 1. The van der Waals surface area contributed by atoms with Crippen molar-refractivity contribution in [2.45, 2.75) is 38.1 Å². The van der Waals surface area contributed by atoms with Crippen molar-refractivity contribution in [3.8, 4) is 0 Å². The number of carbonyl (C=O) groups is 1. The topological polar surface area (TPSA) is 61.6 Å². The second-order valence-corrected chi connectivity index (χ2v) is 8.88. The number of hydrogen-bond acceptors (Lipinski definition) is 5. The van der Waals surface area contributed by atoms with E-state index >= 15 is 0 Å². The highest BCUT2D eigenvalue weighted by atomic mass is 35.5. The summed E-state index contributed by atoms with van der Waals surface area (Å²) in [5.74, 6) is 0.568. The molecule has 2 aliphatic rings. The van der Waals surface area contributed by atoms with Crippen LogP contribution in [0.3, 0.4) is 0 Å². The third kappa shape index (κ3) is 4.41. The predicted octanol–water partition coefficient (Wildman–Crippen LogP) is 5.32. The fourth-order valence-corrected chi connectivity index (χ4v) is 4.86. The van der Waals surface area contributed by atoms with E-state index < -0.39 is 0 Å². The molecule has 0 unspecified atom stereocenters. The molecular weight excluding hydrogens is 412 g/mol. The van der Waals surface area contributed by atoms with Crippen molar-refractivity contribution in [1.29, 1.82) is 0 Å². The molecule has 31 heavy (non-hydrogen) atoms. The van der Waals surface area contributed by atoms with Gasteiger partial charge in [-0.05, 0) is 43.2 Å². The average molecular weight is 439 g/mol. The molecule has 1 N–H and O–H groups in total. The number of pyridine rings is 1. The number of benzene rings is 1. The van der Waals surface area contributed by atoms with E-state index in [1.807, 2.05) is 35.2 Å². The fraction of sp³-hybridized carbons (Fsp3) is 0.417. The second-order valence-electron chi connectivity index (χ2n) is 8.44. The number of carbonyl (C=O) groups excluding carboxylic acids is 1. The smallest absolute Gasteiger partial charge is 0.272 e. The van der Waals surface area contributed by atoms with E-state index in [0.717, 1.165) is 37.3 Å². The third-order valence-corrected chi connectivity index (χ3v) is 6.72. The van der Waals surface area contributed by atoms with Gasteiger partial charge in [0.1, 0.15) is 17.1 Å². The van der Waals surface area contributed by atoms with Crippen LogP contribution in [0.25, 0.3) is 11.0 Å². The molecule has 1 aliphatic heterocycles. The number of amides is 1. The van der Waals surface area contributed by atoms with Gasteiger partial charge in [0.25, 0.3) is 5.91 Å². The second kappa shape index (κ2) is 8.89. The van der Waals surface area contributed by atoms with Gasteiger partial charge >= 0.3 is 0 Å². The molecule has 1 saturated heterocycles. The highest BCUT2D eigenvalue weighted by Crippen LogP contribution is 2.28. The van der Waals surface area contributed by atoms with Crippen LogP contribution in [-0.2, 0) is 0 Å². The highest BCUT2D eigenvalue weighted by Gasteiger charge is 2.28. The van der Waals surface area contributed by atoms with Gasteiger partial charge in [0.05, 0.1) is 11.6 Å². The summed E-state index contributed by atoms with van der Waals surface area (Å²) >= 11 is 5.99. The number of aromatic nitrogens is 1. The Hall–Kier alpha value is -2.57. The Morgan fingerprint density at radius 3 is 2.52 bits per heavy atom. The van der Waals surface area contributed by atoms with Crippen LogP contribution in [0.1, 0.15) is 42.6 Å². The van der Waals surface area contributed by atoms with Crippen LogP contribution in [0.5, 0.6) is 0 Å². The van der Waals surface area contributed by atoms with Crippen molar-refractivity contribution in [2.75, 3.05) is 31.5 Å². The number of hydrogen-bond donors (Lipinski definition) is 1. The number of fused-ring (bicyclic) bond motifs is 1. The number of anilines is 2. The third-order valence-electron chi connectivity index (χ3n) is 6.47. The lowest BCUT2D eigenvalue weighted by Gasteiger charge is -2.40. The lowest BCUT2D eigenvalue weighted by Crippen LogP contribution is -2.52. The molecule has 0 bridgehead atoms. The number of halogens is 1. The first kappa shape index (κ1) is 20.3. The minimum absolute atomic E-state index is 0.0410.